The van der Waals surface area contributed by atoms with Crippen LogP contribution in [0.25, 0.3) is 0 Å². The molecule has 2 rings (SSSR count). The van der Waals surface area contributed by atoms with E-state index in [1.54, 1.807) is 18.2 Å². The van der Waals surface area contributed by atoms with Crippen molar-refractivity contribution < 1.29 is 9.18 Å². The minimum absolute atomic E-state index is 0.134. The molecule has 17 heavy (non-hydrogen) atoms. The van der Waals surface area contributed by atoms with Crippen LogP contribution in [0.2, 0.25) is 0 Å². The molecule has 0 aromatic heterocycles. The summed E-state index contributed by atoms with van der Waals surface area (Å²) in [7, 11) is 0. The highest BCUT2D eigenvalue weighted by molar-refractivity contribution is 6.08. The largest absolute Gasteiger partial charge is 0.289 e. The second-order valence-electron chi connectivity index (χ2n) is 4.49. The van der Waals surface area contributed by atoms with E-state index in [0.29, 0.717) is 0 Å². The zero-order chi connectivity index (χ0) is 12.1. The molecule has 0 N–H and O–H groups in total. The fourth-order valence-corrected chi connectivity index (χ4v) is 2.22. The molecule has 0 bridgehead atoms. The third-order valence-electron chi connectivity index (χ3n) is 3.20. The van der Waals surface area contributed by atoms with Crippen molar-refractivity contribution in [2.24, 2.45) is 0 Å². The maximum absolute atomic E-state index is 13.5. The summed E-state index contributed by atoms with van der Waals surface area (Å²) in [6.07, 6.45) is 8.29. The van der Waals surface area contributed by atoms with Crippen molar-refractivity contribution in [3.05, 3.63) is 47.3 Å². The third-order valence-corrected chi connectivity index (χ3v) is 3.20. The summed E-state index contributed by atoms with van der Waals surface area (Å²) in [6, 6.07) is 6.23. The van der Waals surface area contributed by atoms with Crippen LogP contribution in [-0.4, -0.2) is 5.78 Å². The van der Waals surface area contributed by atoms with E-state index in [-0.39, 0.29) is 11.3 Å². The van der Waals surface area contributed by atoms with Crippen molar-refractivity contribution >= 4 is 5.78 Å². The zero-order valence-corrected chi connectivity index (χ0v) is 9.92. The Morgan fingerprint density at radius 3 is 2.65 bits per heavy atom. The van der Waals surface area contributed by atoms with Crippen molar-refractivity contribution in [3.8, 4) is 0 Å². The molecule has 1 aliphatic rings. The molecule has 0 atom stereocenters. The van der Waals surface area contributed by atoms with E-state index in [0.717, 1.165) is 31.3 Å². The summed E-state index contributed by atoms with van der Waals surface area (Å²) in [4.78, 5) is 12.2. The molecule has 0 saturated carbocycles. The topological polar surface area (TPSA) is 17.1 Å². The van der Waals surface area contributed by atoms with Gasteiger partial charge in [-0.05, 0) is 43.4 Å². The highest BCUT2D eigenvalue weighted by Gasteiger charge is 2.16. The maximum atomic E-state index is 13.5. The number of benzene rings is 1. The van der Waals surface area contributed by atoms with Gasteiger partial charge in [0.05, 0.1) is 5.56 Å². The second kappa shape index (κ2) is 5.76. The minimum atomic E-state index is -0.416. The van der Waals surface area contributed by atoms with Crippen LogP contribution in [0.1, 0.15) is 48.9 Å². The smallest absolute Gasteiger partial charge is 0.191 e. The van der Waals surface area contributed by atoms with Gasteiger partial charge in [-0.2, -0.15) is 0 Å². The van der Waals surface area contributed by atoms with E-state index in [4.69, 9.17) is 0 Å². The predicted octanol–water partition coefficient (Wildman–Crippen LogP) is 4.29. The summed E-state index contributed by atoms with van der Waals surface area (Å²) in [5.74, 6) is -0.551. The van der Waals surface area contributed by atoms with Gasteiger partial charge in [-0.15, -0.1) is 0 Å². The average molecular weight is 232 g/mol. The highest BCUT2D eigenvalue weighted by atomic mass is 19.1. The lowest BCUT2D eigenvalue weighted by Gasteiger charge is -2.10. The monoisotopic (exact) mass is 232 g/mol. The number of rotatable bonds is 2. The first-order chi connectivity index (χ1) is 8.29. The van der Waals surface area contributed by atoms with E-state index >= 15 is 0 Å². The normalized spacial score (nSPS) is 19.9. The van der Waals surface area contributed by atoms with Gasteiger partial charge >= 0.3 is 0 Å². The van der Waals surface area contributed by atoms with Gasteiger partial charge in [-0.1, -0.05) is 31.1 Å². The Morgan fingerprint density at radius 1 is 1.06 bits per heavy atom. The van der Waals surface area contributed by atoms with Crippen LogP contribution in [0.15, 0.2) is 35.9 Å². The lowest BCUT2D eigenvalue weighted by molar-refractivity contribution is 0.102. The molecule has 1 nitrogen and oxygen atoms in total. The second-order valence-corrected chi connectivity index (χ2v) is 4.49. The molecular formula is C15H17FO. The quantitative estimate of drug-likeness (QED) is 0.695. The van der Waals surface area contributed by atoms with Crippen LogP contribution in [0.4, 0.5) is 4.39 Å². The van der Waals surface area contributed by atoms with E-state index in [1.165, 1.54) is 18.9 Å². The van der Waals surface area contributed by atoms with Gasteiger partial charge in [0.15, 0.2) is 5.78 Å². The molecular weight excluding hydrogens is 215 g/mol. The summed E-state index contributed by atoms with van der Waals surface area (Å²) in [5.41, 5.74) is 0.995. The lowest BCUT2D eigenvalue weighted by atomic mass is 9.94. The van der Waals surface area contributed by atoms with Gasteiger partial charge in [0, 0.05) is 0 Å². The van der Waals surface area contributed by atoms with Crippen LogP contribution >= 0.6 is 0 Å². The Bertz CT molecular complexity index is 434. The molecule has 1 aromatic carbocycles. The summed E-state index contributed by atoms with van der Waals surface area (Å²) in [5, 5.41) is 0. The van der Waals surface area contributed by atoms with Gasteiger partial charge in [0.2, 0.25) is 0 Å². The zero-order valence-electron chi connectivity index (χ0n) is 9.92. The number of carbonyl (C=O) groups is 1. The third kappa shape index (κ3) is 3.02. The van der Waals surface area contributed by atoms with Crippen molar-refractivity contribution in [1.29, 1.82) is 0 Å². The first-order valence-corrected chi connectivity index (χ1v) is 6.27. The molecule has 0 spiro atoms. The summed E-state index contributed by atoms with van der Waals surface area (Å²) in [6.45, 7) is 0. The van der Waals surface area contributed by atoms with Crippen molar-refractivity contribution in [3.63, 3.8) is 0 Å². The van der Waals surface area contributed by atoms with Crippen molar-refractivity contribution in [1.82, 2.24) is 0 Å². The van der Waals surface area contributed by atoms with Crippen LogP contribution < -0.4 is 0 Å². The molecule has 2 heteroatoms. The summed E-state index contributed by atoms with van der Waals surface area (Å²) < 4.78 is 13.5. The number of ketones is 1. The van der Waals surface area contributed by atoms with Gasteiger partial charge in [0.1, 0.15) is 5.82 Å². The number of halogens is 1. The van der Waals surface area contributed by atoms with E-state index in [9.17, 15) is 9.18 Å². The van der Waals surface area contributed by atoms with E-state index < -0.39 is 5.82 Å². The van der Waals surface area contributed by atoms with Gasteiger partial charge in [0.25, 0.3) is 0 Å². The number of hydrogen-bond acceptors (Lipinski definition) is 1. The molecule has 0 heterocycles. The number of hydrogen-bond donors (Lipinski definition) is 0. The fraction of sp³-hybridized carbons (Fsp3) is 0.400. The molecule has 0 unspecified atom stereocenters. The molecule has 0 radical (unpaired) electrons. The van der Waals surface area contributed by atoms with E-state index in [2.05, 4.69) is 0 Å². The number of Topliss-reactive ketones (excluding diaryl/α,β-unsaturated/α-hetero) is 1. The first-order valence-electron chi connectivity index (χ1n) is 6.27. The number of allylic oxidation sites excluding steroid dienone is 2. The maximum Gasteiger partial charge on any atom is 0.191 e. The average Bonchev–Trinajstić information content (AvgIpc) is 2.28. The lowest BCUT2D eigenvalue weighted by Crippen LogP contribution is -2.07. The standard InChI is InChI=1S/C15H17FO/c16-14-11-7-6-10-13(14)15(17)12-8-4-2-1-3-5-9-12/h6-8,10-11H,1-5,9H2/b12-8+. The Labute approximate surface area is 101 Å². The Morgan fingerprint density at radius 2 is 1.82 bits per heavy atom. The predicted molar refractivity (Wildman–Crippen MR) is 66.5 cm³/mol. The van der Waals surface area contributed by atoms with Crippen LogP contribution in [0.5, 0.6) is 0 Å². The van der Waals surface area contributed by atoms with E-state index in [1.807, 2.05) is 6.08 Å². The van der Waals surface area contributed by atoms with Crippen molar-refractivity contribution in [2.45, 2.75) is 38.5 Å². The highest BCUT2D eigenvalue weighted by Crippen LogP contribution is 2.21. The molecule has 90 valence electrons. The number of carbonyl (C=O) groups excluding carboxylic acids is 1. The molecule has 1 aliphatic carbocycles. The van der Waals surface area contributed by atoms with Crippen molar-refractivity contribution in [2.75, 3.05) is 0 Å². The SMILES string of the molecule is O=C(/C1=C/CCCCCC1)c1ccccc1F. The Kier molecular flexibility index (Phi) is 4.08. The van der Waals surface area contributed by atoms with Gasteiger partial charge in [-0.3, -0.25) is 4.79 Å². The van der Waals surface area contributed by atoms with Crippen LogP contribution in [0, 0.1) is 5.82 Å². The molecule has 1 aromatic rings. The molecule has 0 fully saturated rings. The molecule has 0 aliphatic heterocycles. The summed E-state index contributed by atoms with van der Waals surface area (Å²) >= 11 is 0. The van der Waals surface area contributed by atoms with Crippen LogP contribution in [-0.2, 0) is 0 Å². The molecule has 0 amide bonds. The van der Waals surface area contributed by atoms with Gasteiger partial charge in [-0.25, -0.2) is 4.39 Å². The first kappa shape index (κ1) is 12.0. The minimum Gasteiger partial charge on any atom is -0.289 e. The van der Waals surface area contributed by atoms with Gasteiger partial charge < -0.3 is 0 Å². The molecule has 0 saturated heterocycles. The Hall–Kier alpha value is -1.44. The van der Waals surface area contributed by atoms with Crippen LogP contribution in [0.3, 0.4) is 0 Å². The fourth-order valence-electron chi connectivity index (χ4n) is 2.22. The Balaban J connectivity index is 2.21.